The van der Waals surface area contributed by atoms with Crippen molar-refractivity contribution in [2.45, 2.75) is 59.2 Å². The molecule has 0 unspecified atom stereocenters. The Bertz CT molecular complexity index is 2940. The molecule has 0 saturated heterocycles. The molecule has 0 aliphatic heterocycles. The van der Waals surface area contributed by atoms with Crippen molar-refractivity contribution in [2.24, 2.45) is 0 Å². The standard InChI is InChI=1S/C40H32N3O.C14H16NSi.Ir/c1-25(2)32-23-30(27-14-7-6-8-15-27)24-33(26(3)4)38(32)43-35-20-11-10-19-34(35)42-40(43)29-17-13-16-28(22-29)39-37(41-5)31-18-9-12-21-36(31)44-39;1-16(2,3)13-9-10-14(15-11-13)12-7-5-4-6-8-12;/h6-16,18-26H,1-4H3;4-7,9-11H,1-3H3;/q2*-1;. The van der Waals surface area contributed by atoms with Gasteiger partial charge in [-0.15, -0.1) is 65.7 Å². The number of rotatable bonds is 8. The van der Waals surface area contributed by atoms with Gasteiger partial charge < -0.3 is 14.0 Å². The first-order chi connectivity index (χ1) is 29.0. The monoisotopic (exact) mass is 989 g/mol. The SMILES string of the molecule is C[Si](C)(C)c1ccc(-c2[c-]cccc2)nc1.[C-]#[N+]c1c(-c2cc[c-]c(-c3nc4ccccc4n3-c3c(C(C)C)cc(-c4ccccc4)cc3C(C)C)c2)oc2ccccc12.[Ir]. The van der Waals surface area contributed by atoms with Crippen LogP contribution in [0.25, 0.3) is 77.6 Å². The van der Waals surface area contributed by atoms with E-state index in [0.29, 0.717) is 17.0 Å². The largest absolute Gasteiger partial charge is 0.470 e. The molecule has 0 saturated carbocycles. The molecule has 0 amide bonds. The minimum Gasteiger partial charge on any atom is -0.470 e. The average molecular weight is 989 g/mol. The number of imidazole rings is 1. The summed E-state index contributed by atoms with van der Waals surface area (Å²) < 4.78 is 8.56. The first-order valence-corrected chi connectivity index (χ1v) is 24.1. The third-order valence-electron chi connectivity index (χ3n) is 10.9. The summed E-state index contributed by atoms with van der Waals surface area (Å²) in [5.74, 6) is 1.92. The molecule has 0 fully saturated rings. The Balaban J connectivity index is 0.000000278. The van der Waals surface area contributed by atoms with Crippen LogP contribution in [-0.4, -0.2) is 22.6 Å². The van der Waals surface area contributed by atoms with Crippen molar-refractivity contribution >= 4 is 41.0 Å². The van der Waals surface area contributed by atoms with Crippen molar-refractivity contribution in [3.8, 4) is 50.8 Å². The number of furan rings is 1. The summed E-state index contributed by atoms with van der Waals surface area (Å²) >= 11 is 0. The second-order valence-corrected chi connectivity index (χ2v) is 21.9. The van der Waals surface area contributed by atoms with Crippen molar-refractivity contribution in [2.75, 3.05) is 0 Å². The predicted molar refractivity (Wildman–Crippen MR) is 252 cm³/mol. The molecule has 0 bridgehead atoms. The summed E-state index contributed by atoms with van der Waals surface area (Å²) in [4.78, 5) is 13.6. The third-order valence-corrected chi connectivity index (χ3v) is 12.9. The fraction of sp³-hybridized carbons (Fsp3) is 0.167. The van der Waals surface area contributed by atoms with Gasteiger partial charge in [-0.25, -0.2) is 4.85 Å². The summed E-state index contributed by atoms with van der Waals surface area (Å²) in [7, 11) is -1.23. The molecule has 0 aliphatic carbocycles. The van der Waals surface area contributed by atoms with Gasteiger partial charge in [-0.1, -0.05) is 126 Å². The third kappa shape index (κ3) is 8.85. The van der Waals surface area contributed by atoms with Gasteiger partial charge in [0.2, 0.25) is 5.69 Å². The number of aromatic nitrogens is 3. The summed E-state index contributed by atoms with van der Waals surface area (Å²) in [6.07, 6.45) is 2.02. The van der Waals surface area contributed by atoms with E-state index in [1.54, 1.807) is 0 Å². The Hall–Kier alpha value is -6.16. The molecule has 305 valence electrons. The van der Waals surface area contributed by atoms with E-state index in [1.807, 2.05) is 79.0 Å². The summed E-state index contributed by atoms with van der Waals surface area (Å²) in [6, 6.07) is 56.1. The summed E-state index contributed by atoms with van der Waals surface area (Å²) in [5, 5.41) is 2.22. The summed E-state index contributed by atoms with van der Waals surface area (Å²) in [5.41, 5.74) is 13.1. The zero-order valence-electron chi connectivity index (χ0n) is 35.6. The molecule has 0 N–H and O–H groups in total. The first-order valence-electron chi connectivity index (χ1n) is 20.6. The molecule has 61 heavy (non-hydrogen) atoms. The topological polar surface area (TPSA) is 48.2 Å². The average Bonchev–Trinajstić information content (AvgIpc) is 3.85. The van der Waals surface area contributed by atoms with E-state index in [2.05, 4.69) is 147 Å². The van der Waals surface area contributed by atoms with Crippen molar-refractivity contribution in [3.05, 3.63) is 186 Å². The zero-order chi connectivity index (χ0) is 42.0. The maximum Gasteiger partial charge on any atom is 0.238 e. The number of pyridine rings is 1. The van der Waals surface area contributed by atoms with E-state index in [0.717, 1.165) is 44.6 Å². The van der Waals surface area contributed by atoms with E-state index in [-0.39, 0.29) is 31.9 Å². The number of benzene rings is 6. The number of hydrogen-bond donors (Lipinski definition) is 0. The molecule has 1 radical (unpaired) electrons. The van der Waals surface area contributed by atoms with E-state index in [1.165, 1.54) is 33.1 Å². The predicted octanol–water partition coefficient (Wildman–Crippen LogP) is 14.5. The van der Waals surface area contributed by atoms with Crippen molar-refractivity contribution in [1.82, 2.24) is 14.5 Å². The Labute approximate surface area is 374 Å². The van der Waals surface area contributed by atoms with Crippen LogP contribution in [0.5, 0.6) is 0 Å². The molecule has 0 atom stereocenters. The van der Waals surface area contributed by atoms with Crippen molar-refractivity contribution in [3.63, 3.8) is 0 Å². The second-order valence-electron chi connectivity index (χ2n) is 16.8. The van der Waals surface area contributed by atoms with Crippen LogP contribution >= 0.6 is 0 Å². The van der Waals surface area contributed by atoms with Gasteiger partial charge in [-0.2, -0.15) is 0 Å². The van der Waals surface area contributed by atoms with Crippen LogP contribution in [-0.2, 0) is 20.1 Å². The minimum atomic E-state index is -1.23. The Morgan fingerprint density at radius 1 is 0.672 bits per heavy atom. The van der Waals surface area contributed by atoms with Crippen LogP contribution in [0.2, 0.25) is 19.6 Å². The maximum absolute atomic E-state index is 7.92. The van der Waals surface area contributed by atoms with Crippen molar-refractivity contribution < 1.29 is 24.5 Å². The normalized spacial score (nSPS) is 11.3. The van der Waals surface area contributed by atoms with Crippen LogP contribution in [0.15, 0.2) is 156 Å². The number of hydrogen-bond acceptors (Lipinski definition) is 3. The van der Waals surface area contributed by atoms with Gasteiger partial charge in [0.25, 0.3) is 0 Å². The van der Waals surface area contributed by atoms with Crippen LogP contribution in [0.4, 0.5) is 5.69 Å². The fourth-order valence-corrected chi connectivity index (χ4v) is 8.71. The van der Waals surface area contributed by atoms with Crippen molar-refractivity contribution in [1.29, 1.82) is 0 Å². The van der Waals surface area contributed by atoms with Crippen LogP contribution < -0.4 is 5.19 Å². The van der Waals surface area contributed by atoms with E-state index in [4.69, 9.17) is 16.0 Å². The molecular weight excluding hydrogens is 941 g/mol. The van der Waals surface area contributed by atoms with E-state index >= 15 is 0 Å². The molecule has 3 heterocycles. The quantitative estimate of drug-likeness (QED) is 0.113. The van der Waals surface area contributed by atoms with Crippen LogP contribution in [0, 0.1) is 18.7 Å². The van der Waals surface area contributed by atoms with Crippen LogP contribution in [0.1, 0.15) is 50.7 Å². The molecular formula is C54H48IrN4OSi-2. The minimum absolute atomic E-state index is 0. The summed E-state index contributed by atoms with van der Waals surface area (Å²) in [6.45, 7) is 24.0. The molecule has 0 aliphatic rings. The molecule has 7 heteroatoms. The smallest absolute Gasteiger partial charge is 0.238 e. The number of para-hydroxylation sites is 3. The molecule has 5 nitrogen and oxygen atoms in total. The number of fused-ring (bicyclic) bond motifs is 2. The first kappa shape index (κ1) is 42.9. The molecule has 3 aromatic heterocycles. The molecule has 9 rings (SSSR count). The molecule has 6 aromatic carbocycles. The van der Waals surface area contributed by atoms with Crippen LogP contribution in [0.3, 0.4) is 0 Å². The van der Waals surface area contributed by atoms with Gasteiger partial charge >= 0.3 is 0 Å². The van der Waals surface area contributed by atoms with E-state index in [9.17, 15) is 0 Å². The molecule has 9 aromatic rings. The fourth-order valence-electron chi connectivity index (χ4n) is 7.67. The Kier molecular flexibility index (Phi) is 12.8. The van der Waals surface area contributed by atoms with Gasteiger partial charge in [-0.3, -0.25) is 4.98 Å². The van der Waals surface area contributed by atoms with E-state index < -0.39 is 8.07 Å². The Morgan fingerprint density at radius 2 is 1.34 bits per heavy atom. The van der Waals surface area contributed by atoms with Gasteiger partial charge in [0.05, 0.1) is 31.5 Å². The van der Waals surface area contributed by atoms with Gasteiger partial charge in [0.1, 0.15) is 11.3 Å². The second kappa shape index (κ2) is 18.2. The van der Waals surface area contributed by atoms with Gasteiger partial charge in [0.15, 0.2) is 0 Å². The zero-order valence-corrected chi connectivity index (χ0v) is 39.0. The molecule has 0 spiro atoms. The number of nitrogens with zero attached hydrogens (tertiary/aromatic N) is 4. The van der Waals surface area contributed by atoms with Gasteiger partial charge in [0, 0.05) is 37.4 Å². The maximum atomic E-state index is 7.92. The van der Waals surface area contributed by atoms with Gasteiger partial charge in [-0.05, 0) is 75.3 Å². The Morgan fingerprint density at radius 3 is 2.00 bits per heavy atom.